The van der Waals surface area contributed by atoms with Gasteiger partial charge in [-0.2, -0.15) is 0 Å². The van der Waals surface area contributed by atoms with Crippen molar-refractivity contribution in [2.45, 2.75) is 63.2 Å². The zero-order valence-corrected chi connectivity index (χ0v) is 12.3. The Morgan fingerprint density at radius 3 is 2.71 bits per heavy atom. The number of carboxylic acid groups (broad SMARTS) is 1. The third-order valence-electron chi connectivity index (χ3n) is 5.13. The molecule has 4 unspecified atom stereocenters. The van der Waals surface area contributed by atoms with E-state index in [1.165, 1.54) is 19.3 Å². The SMILES string of the molecule is O=C(O)C1CCC(CNC(=O)N2CCC3CCCCC32)O1. The average molecular weight is 296 g/mol. The standard InChI is InChI=1S/C15H24N2O4/c18-14(19)13-6-5-11(21-13)9-16-15(20)17-8-7-10-3-1-2-4-12(10)17/h10-13H,1-9H2,(H,16,20)(H,18,19). The van der Waals surface area contributed by atoms with Crippen molar-refractivity contribution >= 4 is 12.0 Å². The molecular weight excluding hydrogens is 272 g/mol. The molecule has 0 aromatic heterocycles. The molecule has 3 rings (SSSR count). The van der Waals surface area contributed by atoms with E-state index in [0.29, 0.717) is 31.3 Å². The summed E-state index contributed by atoms with van der Waals surface area (Å²) >= 11 is 0. The molecule has 1 saturated carbocycles. The number of amides is 2. The fourth-order valence-electron chi connectivity index (χ4n) is 4.00. The predicted octanol–water partition coefficient (Wildman–Crippen LogP) is 1.59. The molecule has 3 fully saturated rings. The van der Waals surface area contributed by atoms with E-state index in [9.17, 15) is 9.59 Å². The van der Waals surface area contributed by atoms with Crippen LogP contribution in [0.4, 0.5) is 4.79 Å². The van der Waals surface area contributed by atoms with E-state index >= 15 is 0 Å². The van der Waals surface area contributed by atoms with Crippen LogP contribution in [0.2, 0.25) is 0 Å². The summed E-state index contributed by atoms with van der Waals surface area (Å²) in [5.41, 5.74) is 0. The second-order valence-electron chi connectivity index (χ2n) is 6.44. The topological polar surface area (TPSA) is 78.9 Å². The first-order valence-corrected chi connectivity index (χ1v) is 8.08. The number of carbonyl (C=O) groups excluding carboxylic acids is 1. The fraction of sp³-hybridized carbons (Fsp3) is 0.867. The largest absolute Gasteiger partial charge is 0.479 e. The first kappa shape index (κ1) is 14.6. The molecule has 0 aromatic rings. The Morgan fingerprint density at radius 1 is 1.14 bits per heavy atom. The molecule has 1 aliphatic carbocycles. The molecule has 2 N–H and O–H groups in total. The van der Waals surface area contributed by atoms with Gasteiger partial charge in [-0.15, -0.1) is 0 Å². The van der Waals surface area contributed by atoms with Crippen molar-refractivity contribution in [3.05, 3.63) is 0 Å². The van der Waals surface area contributed by atoms with Crippen LogP contribution in [-0.4, -0.2) is 53.3 Å². The van der Waals surface area contributed by atoms with E-state index in [4.69, 9.17) is 9.84 Å². The monoisotopic (exact) mass is 296 g/mol. The Labute approximate surface area is 124 Å². The Balaban J connectivity index is 1.45. The summed E-state index contributed by atoms with van der Waals surface area (Å²) in [5, 5.41) is 11.8. The first-order valence-electron chi connectivity index (χ1n) is 8.08. The molecule has 2 amide bonds. The maximum Gasteiger partial charge on any atom is 0.332 e. The number of likely N-dealkylation sites (tertiary alicyclic amines) is 1. The molecule has 2 aliphatic heterocycles. The molecule has 0 spiro atoms. The molecule has 4 atom stereocenters. The molecule has 2 saturated heterocycles. The Morgan fingerprint density at radius 2 is 1.95 bits per heavy atom. The number of rotatable bonds is 3. The summed E-state index contributed by atoms with van der Waals surface area (Å²) in [6.45, 7) is 1.26. The van der Waals surface area contributed by atoms with Crippen LogP contribution in [0.1, 0.15) is 44.9 Å². The minimum Gasteiger partial charge on any atom is -0.479 e. The minimum absolute atomic E-state index is 0.00762. The van der Waals surface area contributed by atoms with Crippen LogP contribution < -0.4 is 5.32 Å². The maximum absolute atomic E-state index is 12.3. The van der Waals surface area contributed by atoms with Crippen LogP contribution in [0.5, 0.6) is 0 Å². The van der Waals surface area contributed by atoms with Crippen molar-refractivity contribution in [2.75, 3.05) is 13.1 Å². The molecule has 21 heavy (non-hydrogen) atoms. The Hall–Kier alpha value is -1.30. The highest BCUT2D eigenvalue weighted by molar-refractivity contribution is 5.75. The van der Waals surface area contributed by atoms with Crippen LogP contribution in [0.15, 0.2) is 0 Å². The highest BCUT2D eigenvalue weighted by Gasteiger charge is 2.38. The molecular formula is C15H24N2O4. The fourth-order valence-corrected chi connectivity index (χ4v) is 4.00. The van der Waals surface area contributed by atoms with Gasteiger partial charge in [0.25, 0.3) is 0 Å². The molecule has 0 bridgehead atoms. The van der Waals surface area contributed by atoms with Gasteiger partial charge in [-0.1, -0.05) is 12.8 Å². The van der Waals surface area contributed by atoms with Crippen molar-refractivity contribution in [3.8, 4) is 0 Å². The van der Waals surface area contributed by atoms with Gasteiger partial charge in [0.15, 0.2) is 6.10 Å². The lowest BCUT2D eigenvalue weighted by molar-refractivity contribution is -0.149. The Bertz CT molecular complexity index is 414. The number of carbonyl (C=O) groups is 2. The molecule has 0 radical (unpaired) electrons. The number of fused-ring (bicyclic) bond motifs is 1. The second kappa shape index (κ2) is 6.22. The third-order valence-corrected chi connectivity index (χ3v) is 5.13. The zero-order valence-electron chi connectivity index (χ0n) is 12.3. The van der Waals surface area contributed by atoms with E-state index in [2.05, 4.69) is 5.32 Å². The summed E-state index contributed by atoms with van der Waals surface area (Å²) in [4.78, 5) is 25.1. The molecule has 3 aliphatic rings. The van der Waals surface area contributed by atoms with Crippen LogP contribution in [0.25, 0.3) is 0 Å². The van der Waals surface area contributed by atoms with Gasteiger partial charge in [-0.05, 0) is 38.0 Å². The lowest BCUT2D eigenvalue weighted by Crippen LogP contribution is -2.46. The second-order valence-corrected chi connectivity index (χ2v) is 6.44. The molecule has 2 heterocycles. The molecule has 6 heteroatoms. The van der Waals surface area contributed by atoms with Gasteiger partial charge in [-0.3, -0.25) is 0 Å². The molecule has 6 nitrogen and oxygen atoms in total. The van der Waals surface area contributed by atoms with Crippen molar-refractivity contribution in [1.29, 1.82) is 0 Å². The van der Waals surface area contributed by atoms with Crippen molar-refractivity contribution < 1.29 is 19.4 Å². The predicted molar refractivity (Wildman–Crippen MR) is 76.0 cm³/mol. The van der Waals surface area contributed by atoms with E-state index in [1.54, 1.807) is 0 Å². The van der Waals surface area contributed by atoms with Gasteiger partial charge >= 0.3 is 12.0 Å². The van der Waals surface area contributed by atoms with Crippen LogP contribution in [0, 0.1) is 5.92 Å². The summed E-state index contributed by atoms with van der Waals surface area (Å²) in [6, 6.07) is 0.404. The minimum atomic E-state index is -0.909. The highest BCUT2D eigenvalue weighted by Crippen LogP contribution is 2.36. The first-order chi connectivity index (χ1) is 10.1. The lowest BCUT2D eigenvalue weighted by Gasteiger charge is -2.31. The molecule has 118 valence electrons. The summed E-state index contributed by atoms with van der Waals surface area (Å²) in [5.74, 6) is -0.225. The van der Waals surface area contributed by atoms with E-state index in [-0.39, 0.29) is 12.1 Å². The maximum atomic E-state index is 12.3. The number of aliphatic carboxylic acids is 1. The summed E-state index contributed by atoms with van der Waals surface area (Å²) < 4.78 is 5.41. The van der Waals surface area contributed by atoms with E-state index in [1.807, 2.05) is 4.90 Å². The normalized spacial score (nSPS) is 35.5. The van der Waals surface area contributed by atoms with Gasteiger partial charge in [0, 0.05) is 19.1 Å². The van der Waals surface area contributed by atoms with E-state index < -0.39 is 12.1 Å². The number of hydrogen-bond donors (Lipinski definition) is 2. The van der Waals surface area contributed by atoms with Crippen LogP contribution >= 0.6 is 0 Å². The van der Waals surface area contributed by atoms with Crippen LogP contribution in [-0.2, 0) is 9.53 Å². The third kappa shape index (κ3) is 3.15. The highest BCUT2D eigenvalue weighted by atomic mass is 16.5. The number of nitrogens with zero attached hydrogens (tertiary/aromatic N) is 1. The number of carboxylic acids is 1. The van der Waals surface area contributed by atoms with Gasteiger partial charge in [0.2, 0.25) is 0 Å². The van der Waals surface area contributed by atoms with Crippen LogP contribution in [0.3, 0.4) is 0 Å². The summed E-state index contributed by atoms with van der Waals surface area (Å²) in [7, 11) is 0. The number of ether oxygens (including phenoxy) is 1. The van der Waals surface area contributed by atoms with Gasteiger partial charge in [0.1, 0.15) is 0 Å². The van der Waals surface area contributed by atoms with Crippen molar-refractivity contribution in [2.24, 2.45) is 5.92 Å². The average Bonchev–Trinajstić information content (AvgIpc) is 3.11. The lowest BCUT2D eigenvalue weighted by atomic mass is 9.85. The Kier molecular flexibility index (Phi) is 4.33. The van der Waals surface area contributed by atoms with Crippen molar-refractivity contribution in [3.63, 3.8) is 0 Å². The van der Waals surface area contributed by atoms with Gasteiger partial charge in [-0.25, -0.2) is 9.59 Å². The number of urea groups is 1. The van der Waals surface area contributed by atoms with Crippen molar-refractivity contribution in [1.82, 2.24) is 10.2 Å². The van der Waals surface area contributed by atoms with Gasteiger partial charge < -0.3 is 20.1 Å². The zero-order chi connectivity index (χ0) is 14.8. The number of nitrogens with one attached hydrogen (secondary N) is 1. The van der Waals surface area contributed by atoms with E-state index in [0.717, 1.165) is 19.4 Å². The molecule has 0 aromatic carbocycles. The quantitative estimate of drug-likeness (QED) is 0.829. The smallest absolute Gasteiger partial charge is 0.332 e. The van der Waals surface area contributed by atoms with Gasteiger partial charge in [0.05, 0.1) is 6.10 Å². The number of hydrogen-bond acceptors (Lipinski definition) is 3. The summed E-state index contributed by atoms with van der Waals surface area (Å²) in [6.07, 6.45) is 6.37.